The largest absolute Gasteiger partial charge is 0.491 e. The van der Waals surface area contributed by atoms with Gasteiger partial charge in [0.2, 0.25) is 0 Å². The number of rotatable bonds is 4. The second kappa shape index (κ2) is 6.39. The van der Waals surface area contributed by atoms with Crippen molar-refractivity contribution in [3.8, 4) is 5.75 Å². The monoisotopic (exact) mass is 258 g/mol. The van der Waals surface area contributed by atoms with E-state index in [0.717, 1.165) is 11.8 Å². The molecule has 0 amide bonds. The predicted octanol–water partition coefficient (Wildman–Crippen LogP) is 3.27. The number of carbonyl (C=O) groups excluding carboxylic acids is 1. The highest BCUT2D eigenvalue weighted by Gasteiger charge is 2.09. The third kappa shape index (κ3) is 4.19. The van der Waals surface area contributed by atoms with Crippen molar-refractivity contribution >= 4 is 23.0 Å². The average molecular weight is 258 g/mol. The number of hydrogen-bond acceptors (Lipinski definition) is 3. The van der Waals surface area contributed by atoms with Crippen LogP contribution in [0.1, 0.15) is 12.5 Å². The van der Waals surface area contributed by atoms with Gasteiger partial charge in [0.25, 0.3) is 0 Å². The Labute approximate surface area is 103 Å². The van der Waals surface area contributed by atoms with E-state index in [-0.39, 0.29) is 10.9 Å². The molecule has 92 valence electrons. The van der Waals surface area contributed by atoms with Gasteiger partial charge in [-0.25, -0.2) is 8.78 Å². The zero-order chi connectivity index (χ0) is 12.8. The zero-order valence-electron chi connectivity index (χ0n) is 9.50. The van der Waals surface area contributed by atoms with Crippen LogP contribution in [0.3, 0.4) is 0 Å². The summed E-state index contributed by atoms with van der Waals surface area (Å²) in [6, 6.07) is 2.35. The van der Waals surface area contributed by atoms with Crippen molar-refractivity contribution in [1.82, 2.24) is 0 Å². The van der Waals surface area contributed by atoms with Crippen LogP contribution in [0.15, 0.2) is 18.2 Å². The molecule has 0 aromatic heterocycles. The summed E-state index contributed by atoms with van der Waals surface area (Å²) >= 11 is 1.13. The van der Waals surface area contributed by atoms with E-state index in [4.69, 9.17) is 0 Å². The molecule has 0 aliphatic rings. The molecule has 0 saturated carbocycles. The molecular weight excluding hydrogens is 246 g/mol. The number of halogens is 2. The van der Waals surface area contributed by atoms with Crippen LogP contribution in [0.25, 0.3) is 6.08 Å². The van der Waals surface area contributed by atoms with Crippen LogP contribution in [-0.4, -0.2) is 18.0 Å². The van der Waals surface area contributed by atoms with Gasteiger partial charge in [-0.05, 0) is 17.7 Å². The quantitative estimate of drug-likeness (QED) is 0.829. The molecule has 0 unspecified atom stereocenters. The maximum Gasteiger partial charge on any atom is 0.190 e. The fourth-order valence-electron chi connectivity index (χ4n) is 1.22. The molecule has 0 N–H and O–H groups in total. The first-order valence-corrected chi connectivity index (χ1v) is 5.86. The van der Waals surface area contributed by atoms with Crippen LogP contribution in [0.4, 0.5) is 8.78 Å². The predicted molar refractivity (Wildman–Crippen MR) is 65.1 cm³/mol. The third-order valence-corrected chi connectivity index (χ3v) is 2.68. The Morgan fingerprint density at radius 2 is 2.00 bits per heavy atom. The first kappa shape index (κ1) is 13.7. The fourth-order valence-corrected chi connectivity index (χ4v) is 1.65. The highest BCUT2D eigenvalue weighted by molar-refractivity contribution is 8.13. The highest BCUT2D eigenvalue weighted by Crippen LogP contribution is 2.23. The summed E-state index contributed by atoms with van der Waals surface area (Å²) in [5.41, 5.74) is 0.393. The van der Waals surface area contributed by atoms with E-state index in [9.17, 15) is 13.6 Å². The SMILES string of the molecule is COc1c(F)cc(C=CCSC(C)=O)cc1F. The molecule has 0 heterocycles. The van der Waals surface area contributed by atoms with Gasteiger partial charge in [-0.15, -0.1) is 0 Å². The Morgan fingerprint density at radius 1 is 1.41 bits per heavy atom. The number of methoxy groups -OCH3 is 1. The molecular formula is C12H12F2O2S. The smallest absolute Gasteiger partial charge is 0.190 e. The lowest BCUT2D eigenvalue weighted by molar-refractivity contribution is -0.109. The van der Waals surface area contributed by atoms with E-state index in [1.807, 2.05) is 0 Å². The van der Waals surface area contributed by atoms with Gasteiger partial charge in [-0.2, -0.15) is 0 Å². The standard InChI is InChI=1S/C12H12F2O2S/c1-8(15)17-5-3-4-9-6-10(13)12(16-2)11(14)7-9/h3-4,6-7H,5H2,1-2H3. The Morgan fingerprint density at radius 3 is 2.47 bits per heavy atom. The topological polar surface area (TPSA) is 26.3 Å². The Hall–Kier alpha value is -1.36. The molecule has 1 aromatic rings. The maximum absolute atomic E-state index is 13.3. The fraction of sp³-hybridized carbons (Fsp3) is 0.250. The van der Waals surface area contributed by atoms with Crippen LogP contribution < -0.4 is 4.74 Å². The van der Waals surface area contributed by atoms with Gasteiger partial charge in [-0.1, -0.05) is 23.9 Å². The molecule has 0 bridgehead atoms. The van der Waals surface area contributed by atoms with Crippen molar-refractivity contribution in [2.45, 2.75) is 6.92 Å². The van der Waals surface area contributed by atoms with E-state index in [0.29, 0.717) is 11.3 Å². The van der Waals surface area contributed by atoms with Gasteiger partial charge in [-0.3, -0.25) is 4.79 Å². The van der Waals surface area contributed by atoms with E-state index in [1.54, 1.807) is 12.2 Å². The molecule has 0 saturated heterocycles. The molecule has 0 fully saturated rings. The van der Waals surface area contributed by atoms with Gasteiger partial charge in [0.15, 0.2) is 22.5 Å². The summed E-state index contributed by atoms with van der Waals surface area (Å²) in [7, 11) is 1.21. The van der Waals surface area contributed by atoms with Crippen LogP contribution in [0, 0.1) is 11.6 Å². The first-order chi connectivity index (χ1) is 8.04. The molecule has 17 heavy (non-hydrogen) atoms. The normalized spacial score (nSPS) is 10.8. The van der Waals surface area contributed by atoms with Crippen molar-refractivity contribution in [1.29, 1.82) is 0 Å². The van der Waals surface area contributed by atoms with Gasteiger partial charge in [0.1, 0.15) is 0 Å². The third-order valence-electron chi connectivity index (χ3n) is 1.92. The molecule has 5 heteroatoms. The van der Waals surface area contributed by atoms with Crippen LogP contribution in [-0.2, 0) is 4.79 Å². The minimum absolute atomic E-state index is 0.00161. The first-order valence-electron chi connectivity index (χ1n) is 4.87. The summed E-state index contributed by atoms with van der Waals surface area (Å²) < 4.78 is 31.1. The van der Waals surface area contributed by atoms with E-state index < -0.39 is 11.6 Å². The lowest BCUT2D eigenvalue weighted by Crippen LogP contribution is -1.93. The molecule has 0 spiro atoms. The Kier molecular flexibility index (Phi) is 5.15. The maximum atomic E-state index is 13.3. The molecule has 0 atom stereocenters. The summed E-state index contributed by atoms with van der Waals surface area (Å²) in [6.07, 6.45) is 3.23. The summed E-state index contributed by atoms with van der Waals surface area (Å²) in [5.74, 6) is -1.40. The average Bonchev–Trinajstić information content (AvgIpc) is 2.24. The second-order valence-corrected chi connectivity index (χ2v) is 4.42. The molecule has 1 aromatic carbocycles. The number of ether oxygens (including phenoxy) is 1. The van der Waals surface area contributed by atoms with Crippen LogP contribution in [0.5, 0.6) is 5.75 Å². The van der Waals surface area contributed by atoms with Gasteiger partial charge < -0.3 is 4.74 Å². The Balaban J connectivity index is 2.76. The number of thioether (sulfide) groups is 1. The molecule has 0 aliphatic carbocycles. The van der Waals surface area contributed by atoms with Crippen molar-refractivity contribution in [2.24, 2.45) is 0 Å². The molecule has 1 rings (SSSR count). The van der Waals surface area contributed by atoms with Crippen LogP contribution in [0.2, 0.25) is 0 Å². The molecule has 2 nitrogen and oxygen atoms in total. The van der Waals surface area contributed by atoms with Gasteiger partial charge in [0.05, 0.1) is 7.11 Å². The highest BCUT2D eigenvalue weighted by atomic mass is 32.2. The van der Waals surface area contributed by atoms with E-state index in [2.05, 4.69) is 4.74 Å². The zero-order valence-corrected chi connectivity index (χ0v) is 10.3. The van der Waals surface area contributed by atoms with E-state index >= 15 is 0 Å². The van der Waals surface area contributed by atoms with Crippen molar-refractivity contribution < 1.29 is 18.3 Å². The van der Waals surface area contributed by atoms with Crippen molar-refractivity contribution in [3.05, 3.63) is 35.4 Å². The van der Waals surface area contributed by atoms with Gasteiger partial charge >= 0.3 is 0 Å². The summed E-state index contributed by atoms with van der Waals surface area (Å²) in [5, 5.41) is 0.00161. The summed E-state index contributed by atoms with van der Waals surface area (Å²) in [4.78, 5) is 10.6. The lowest BCUT2D eigenvalue weighted by atomic mass is 10.2. The number of hydrogen-bond donors (Lipinski definition) is 0. The lowest BCUT2D eigenvalue weighted by Gasteiger charge is -2.04. The summed E-state index contributed by atoms with van der Waals surface area (Å²) in [6.45, 7) is 1.46. The van der Waals surface area contributed by atoms with Gasteiger partial charge in [0, 0.05) is 12.7 Å². The van der Waals surface area contributed by atoms with Crippen molar-refractivity contribution in [2.75, 3.05) is 12.9 Å². The van der Waals surface area contributed by atoms with Crippen LogP contribution >= 0.6 is 11.8 Å². The second-order valence-electron chi connectivity index (χ2n) is 3.22. The van der Waals surface area contributed by atoms with E-state index in [1.165, 1.54) is 26.2 Å². The minimum Gasteiger partial charge on any atom is -0.491 e. The molecule has 0 aliphatic heterocycles. The number of carbonyl (C=O) groups is 1. The number of benzene rings is 1. The van der Waals surface area contributed by atoms with Crippen molar-refractivity contribution in [3.63, 3.8) is 0 Å². The molecule has 0 radical (unpaired) electrons. The minimum atomic E-state index is -0.744. The Bertz CT molecular complexity index is 421.